The van der Waals surface area contributed by atoms with Gasteiger partial charge in [-0.3, -0.25) is 0 Å². The minimum atomic E-state index is -1.64. The zero-order chi connectivity index (χ0) is 22.4. The van der Waals surface area contributed by atoms with E-state index < -0.39 is 57.8 Å². The lowest BCUT2D eigenvalue weighted by Gasteiger charge is -2.27. The average molecular weight is 438 g/mol. The Hall–Kier alpha value is -2.83. The van der Waals surface area contributed by atoms with Crippen molar-refractivity contribution >= 4 is 0 Å². The second kappa shape index (κ2) is 8.02. The molecule has 1 aliphatic carbocycles. The Labute approximate surface area is 174 Å². The first kappa shape index (κ1) is 21.4. The van der Waals surface area contributed by atoms with Crippen molar-refractivity contribution in [2.24, 2.45) is 0 Å². The van der Waals surface area contributed by atoms with Gasteiger partial charge in [0.05, 0.1) is 5.56 Å². The third kappa shape index (κ3) is 3.40. The molecule has 0 N–H and O–H groups in total. The standard InChI is InChI=1S/C24H17F7/c1-2-11-6-8-13(22(29)19(11)26)12-7-9-14-16(10-12)23(30)24(31)18(21(14)28)15-4-3-5-17(25)20(15)27/h3-6,8,12H,2,7,9-10H2,1H3. The number of benzene rings is 3. The SMILES string of the molecule is CCc1ccc(C2CCc3c(F)c(-c4cccc(F)c4F)c(F)c(F)c3C2)c(F)c1F. The van der Waals surface area contributed by atoms with Gasteiger partial charge >= 0.3 is 0 Å². The lowest BCUT2D eigenvalue weighted by Crippen LogP contribution is -2.19. The van der Waals surface area contributed by atoms with Crippen LogP contribution in [0.2, 0.25) is 0 Å². The summed E-state index contributed by atoms with van der Waals surface area (Å²) in [6.45, 7) is 1.67. The molecule has 0 spiro atoms. The Morgan fingerprint density at radius 1 is 0.742 bits per heavy atom. The van der Waals surface area contributed by atoms with Crippen LogP contribution in [0.1, 0.15) is 41.5 Å². The van der Waals surface area contributed by atoms with E-state index in [0.29, 0.717) is 6.42 Å². The summed E-state index contributed by atoms with van der Waals surface area (Å²) in [5, 5.41) is 0. The number of hydrogen-bond donors (Lipinski definition) is 0. The molecule has 1 unspecified atom stereocenters. The van der Waals surface area contributed by atoms with Crippen LogP contribution in [0.25, 0.3) is 11.1 Å². The molecule has 0 bridgehead atoms. The zero-order valence-corrected chi connectivity index (χ0v) is 16.4. The van der Waals surface area contributed by atoms with Gasteiger partial charge < -0.3 is 0 Å². The van der Waals surface area contributed by atoms with E-state index >= 15 is 4.39 Å². The van der Waals surface area contributed by atoms with Crippen LogP contribution in [0.5, 0.6) is 0 Å². The summed E-state index contributed by atoms with van der Waals surface area (Å²) in [6.07, 6.45) is 0.106. The molecule has 0 aliphatic heterocycles. The molecule has 0 amide bonds. The highest BCUT2D eigenvalue weighted by molar-refractivity contribution is 5.68. The van der Waals surface area contributed by atoms with Crippen molar-refractivity contribution in [1.29, 1.82) is 0 Å². The lowest BCUT2D eigenvalue weighted by atomic mass is 9.78. The maximum atomic E-state index is 15.1. The molecule has 3 aromatic carbocycles. The highest BCUT2D eigenvalue weighted by atomic mass is 19.2. The summed E-state index contributed by atoms with van der Waals surface area (Å²) in [5.74, 6) is -9.74. The molecule has 7 heteroatoms. The maximum absolute atomic E-state index is 15.1. The predicted molar refractivity (Wildman–Crippen MR) is 102 cm³/mol. The fraction of sp³-hybridized carbons (Fsp3) is 0.250. The van der Waals surface area contributed by atoms with Crippen LogP contribution < -0.4 is 0 Å². The Kier molecular flexibility index (Phi) is 5.54. The van der Waals surface area contributed by atoms with Crippen molar-refractivity contribution < 1.29 is 30.7 Å². The van der Waals surface area contributed by atoms with E-state index in [1.54, 1.807) is 6.92 Å². The van der Waals surface area contributed by atoms with Crippen LogP contribution in [0.3, 0.4) is 0 Å². The van der Waals surface area contributed by atoms with E-state index in [1.807, 2.05) is 0 Å². The molecular weight excluding hydrogens is 421 g/mol. The summed E-state index contributed by atoms with van der Waals surface area (Å²) in [7, 11) is 0. The highest BCUT2D eigenvalue weighted by Crippen LogP contribution is 2.41. The van der Waals surface area contributed by atoms with E-state index in [2.05, 4.69) is 0 Å². The maximum Gasteiger partial charge on any atom is 0.169 e. The number of fused-ring (bicyclic) bond motifs is 1. The minimum absolute atomic E-state index is 0.0146. The van der Waals surface area contributed by atoms with Crippen LogP contribution in [-0.2, 0) is 19.3 Å². The number of halogens is 7. The molecule has 0 radical (unpaired) electrons. The number of rotatable bonds is 3. The Morgan fingerprint density at radius 3 is 2.19 bits per heavy atom. The molecule has 31 heavy (non-hydrogen) atoms. The molecule has 0 saturated heterocycles. The molecule has 0 heterocycles. The topological polar surface area (TPSA) is 0 Å². The van der Waals surface area contributed by atoms with Gasteiger partial charge in [0, 0.05) is 5.56 Å². The van der Waals surface area contributed by atoms with Gasteiger partial charge in [0.2, 0.25) is 0 Å². The molecule has 0 saturated carbocycles. The van der Waals surface area contributed by atoms with E-state index in [1.165, 1.54) is 12.1 Å². The molecular formula is C24H17F7. The quantitative estimate of drug-likeness (QED) is 0.301. The van der Waals surface area contributed by atoms with Crippen molar-refractivity contribution in [3.63, 3.8) is 0 Å². The second-order valence-electron chi connectivity index (χ2n) is 7.61. The minimum Gasteiger partial charge on any atom is -0.206 e. The monoisotopic (exact) mass is 438 g/mol. The first-order valence-electron chi connectivity index (χ1n) is 9.85. The Bertz CT molecular complexity index is 1180. The van der Waals surface area contributed by atoms with Crippen molar-refractivity contribution in [3.05, 3.63) is 93.3 Å². The van der Waals surface area contributed by atoms with Crippen LogP contribution in [0.15, 0.2) is 30.3 Å². The van der Waals surface area contributed by atoms with Gasteiger partial charge in [-0.2, -0.15) is 0 Å². The van der Waals surface area contributed by atoms with Crippen LogP contribution in [-0.4, -0.2) is 0 Å². The summed E-state index contributed by atoms with van der Waals surface area (Å²) >= 11 is 0. The molecule has 0 fully saturated rings. The van der Waals surface area contributed by atoms with Gasteiger partial charge in [-0.15, -0.1) is 0 Å². The second-order valence-corrected chi connectivity index (χ2v) is 7.61. The summed E-state index contributed by atoms with van der Waals surface area (Å²) in [5.41, 5.74) is -1.95. The van der Waals surface area contributed by atoms with Gasteiger partial charge in [0.25, 0.3) is 0 Å². The number of aryl methyl sites for hydroxylation is 1. The van der Waals surface area contributed by atoms with Gasteiger partial charge in [-0.25, -0.2) is 30.7 Å². The largest absolute Gasteiger partial charge is 0.206 e. The number of hydrogen-bond acceptors (Lipinski definition) is 0. The van der Waals surface area contributed by atoms with E-state index in [4.69, 9.17) is 0 Å². The summed E-state index contributed by atoms with van der Waals surface area (Å²) in [6, 6.07) is 5.66. The van der Waals surface area contributed by atoms with Gasteiger partial charge in [0.1, 0.15) is 5.82 Å². The van der Waals surface area contributed by atoms with E-state index in [9.17, 15) is 26.3 Å². The molecule has 0 aromatic heterocycles. The average Bonchev–Trinajstić information content (AvgIpc) is 2.76. The molecule has 162 valence electrons. The highest BCUT2D eigenvalue weighted by Gasteiger charge is 2.33. The Balaban J connectivity index is 1.80. The van der Waals surface area contributed by atoms with Crippen LogP contribution >= 0.6 is 0 Å². The molecule has 1 aliphatic rings. The first-order valence-corrected chi connectivity index (χ1v) is 9.85. The van der Waals surface area contributed by atoms with Gasteiger partial charge in [0.15, 0.2) is 34.9 Å². The first-order chi connectivity index (χ1) is 14.8. The van der Waals surface area contributed by atoms with Crippen molar-refractivity contribution in [3.8, 4) is 11.1 Å². The molecule has 4 rings (SSSR count). The van der Waals surface area contributed by atoms with E-state index in [0.717, 1.165) is 18.2 Å². The zero-order valence-electron chi connectivity index (χ0n) is 16.4. The van der Waals surface area contributed by atoms with Crippen LogP contribution in [0, 0.1) is 40.7 Å². The summed E-state index contributed by atoms with van der Waals surface area (Å²) < 4.78 is 101. The van der Waals surface area contributed by atoms with Crippen LogP contribution in [0.4, 0.5) is 30.7 Å². The fourth-order valence-electron chi connectivity index (χ4n) is 4.29. The Morgan fingerprint density at radius 2 is 1.48 bits per heavy atom. The van der Waals surface area contributed by atoms with Gasteiger partial charge in [-0.05, 0) is 59.9 Å². The third-order valence-electron chi connectivity index (χ3n) is 5.95. The summed E-state index contributed by atoms with van der Waals surface area (Å²) in [4.78, 5) is 0. The molecule has 0 nitrogen and oxygen atoms in total. The molecule has 1 atom stereocenters. The van der Waals surface area contributed by atoms with Crippen molar-refractivity contribution in [1.82, 2.24) is 0 Å². The lowest BCUT2D eigenvalue weighted by molar-refractivity contribution is 0.441. The van der Waals surface area contributed by atoms with Crippen molar-refractivity contribution in [2.75, 3.05) is 0 Å². The molecule has 3 aromatic rings. The smallest absolute Gasteiger partial charge is 0.169 e. The predicted octanol–water partition coefficient (Wildman–Crippen LogP) is 7.16. The van der Waals surface area contributed by atoms with E-state index in [-0.39, 0.29) is 41.5 Å². The normalized spacial score (nSPS) is 15.8. The fourth-order valence-corrected chi connectivity index (χ4v) is 4.29. The third-order valence-corrected chi connectivity index (χ3v) is 5.95. The van der Waals surface area contributed by atoms with Crippen molar-refractivity contribution in [2.45, 2.75) is 38.5 Å². The van der Waals surface area contributed by atoms with Gasteiger partial charge in [-0.1, -0.05) is 31.2 Å².